The van der Waals surface area contributed by atoms with Gasteiger partial charge in [-0.2, -0.15) is 0 Å². The second-order valence-corrected chi connectivity index (χ2v) is 6.53. The van der Waals surface area contributed by atoms with Crippen LogP contribution in [0.3, 0.4) is 0 Å². The van der Waals surface area contributed by atoms with Crippen molar-refractivity contribution < 1.29 is 9.90 Å². The largest absolute Gasteiger partial charge is 0.395 e. The maximum absolute atomic E-state index is 11.6. The molecule has 2 fully saturated rings. The lowest BCUT2D eigenvalue weighted by atomic mass is 9.74. The van der Waals surface area contributed by atoms with Crippen LogP contribution in [0.2, 0.25) is 0 Å². The summed E-state index contributed by atoms with van der Waals surface area (Å²) in [5, 5.41) is 9.32. The Morgan fingerprint density at radius 2 is 1.68 bits per heavy atom. The number of aliphatic hydroxyl groups is 1. The van der Waals surface area contributed by atoms with E-state index in [1.54, 1.807) is 0 Å². The lowest BCUT2D eigenvalue weighted by molar-refractivity contribution is -0.119. The standard InChI is InChI=1S/C16H29NO2/c18-12-11-17(15-7-3-1-4-8-15)13-16(14-19)9-5-2-6-10-16/h14-15,18H,1-13H2. The predicted octanol–water partition coefficient (Wildman–Crippen LogP) is 2.76. The Kier molecular flexibility index (Phi) is 5.83. The molecule has 0 spiro atoms. The van der Waals surface area contributed by atoms with Gasteiger partial charge in [0.25, 0.3) is 0 Å². The lowest BCUT2D eigenvalue weighted by Gasteiger charge is -2.41. The number of hydrogen-bond donors (Lipinski definition) is 1. The van der Waals surface area contributed by atoms with Crippen molar-refractivity contribution in [2.45, 2.75) is 70.3 Å². The van der Waals surface area contributed by atoms with Gasteiger partial charge in [-0.05, 0) is 25.7 Å². The van der Waals surface area contributed by atoms with E-state index in [0.717, 1.165) is 25.9 Å². The Hall–Kier alpha value is -0.410. The minimum absolute atomic E-state index is 0.120. The van der Waals surface area contributed by atoms with Gasteiger partial charge in [-0.25, -0.2) is 0 Å². The molecule has 0 heterocycles. The molecule has 3 heteroatoms. The SMILES string of the molecule is O=CC1(CN(CCO)C2CCCCC2)CCCCC1. The fourth-order valence-electron chi connectivity index (χ4n) is 3.94. The number of nitrogens with zero attached hydrogens (tertiary/aromatic N) is 1. The zero-order valence-corrected chi connectivity index (χ0v) is 12.1. The first-order chi connectivity index (χ1) is 9.29. The monoisotopic (exact) mass is 267 g/mol. The van der Waals surface area contributed by atoms with Crippen molar-refractivity contribution in [3.63, 3.8) is 0 Å². The molecule has 2 saturated carbocycles. The van der Waals surface area contributed by atoms with Crippen LogP contribution in [0.1, 0.15) is 64.2 Å². The maximum atomic E-state index is 11.6. The summed E-state index contributed by atoms with van der Waals surface area (Å²) in [5.41, 5.74) is -0.120. The van der Waals surface area contributed by atoms with Crippen molar-refractivity contribution in [1.82, 2.24) is 4.90 Å². The van der Waals surface area contributed by atoms with E-state index >= 15 is 0 Å². The van der Waals surface area contributed by atoms with Crippen LogP contribution >= 0.6 is 0 Å². The van der Waals surface area contributed by atoms with E-state index in [1.165, 1.54) is 57.7 Å². The fraction of sp³-hybridized carbons (Fsp3) is 0.938. The van der Waals surface area contributed by atoms with Crippen LogP contribution < -0.4 is 0 Å². The second kappa shape index (κ2) is 7.39. The third-order valence-corrected chi connectivity index (χ3v) is 5.10. The molecule has 0 aromatic rings. The summed E-state index contributed by atoms with van der Waals surface area (Å²) in [4.78, 5) is 14.0. The molecule has 0 bridgehead atoms. The topological polar surface area (TPSA) is 40.5 Å². The molecule has 1 N–H and O–H groups in total. The van der Waals surface area contributed by atoms with Gasteiger partial charge in [0.2, 0.25) is 0 Å². The van der Waals surface area contributed by atoms with Gasteiger partial charge in [0.05, 0.1) is 6.61 Å². The predicted molar refractivity (Wildman–Crippen MR) is 77.1 cm³/mol. The minimum atomic E-state index is -0.120. The summed E-state index contributed by atoms with van der Waals surface area (Å²) in [6, 6.07) is 0.597. The summed E-state index contributed by atoms with van der Waals surface area (Å²) < 4.78 is 0. The number of aldehydes is 1. The van der Waals surface area contributed by atoms with Crippen molar-refractivity contribution in [2.75, 3.05) is 19.7 Å². The summed E-state index contributed by atoms with van der Waals surface area (Å²) in [6.45, 7) is 1.83. The van der Waals surface area contributed by atoms with Gasteiger partial charge < -0.3 is 9.90 Å². The smallest absolute Gasteiger partial charge is 0.127 e. The second-order valence-electron chi connectivity index (χ2n) is 6.53. The number of hydrogen-bond acceptors (Lipinski definition) is 3. The molecule has 0 saturated heterocycles. The molecule has 110 valence electrons. The molecular weight excluding hydrogens is 238 g/mol. The zero-order valence-electron chi connectivity index (χ0n) is 12.1. The molecule has 0 aliphatic heterocycles. The molecule has 0 radical (unpaired) electrons. The molecule has 19 heavy (non-hydrogen) atoms. The molecule has 3 nitrogen and oxygen atoms in total. The number of aliphatic hydroxyl groups excluding tert-OH is 1. The lowest BCUT2D eigenvalue weighted by Crippen LogP contribution is -2.47. The van der Waals surface area contributed by atoms with E-state index < -0.39 is 0 Å². The molecule has 0 aromatic carbocycles. The van der Waals surface area contributed by atoms with Gasteiger partial charge in [0.1, 0.15) is 6.29 Å². The normalized spacial score (nSPS) is 24.5. The van der Waals surface area contributed by atoms with E-state index in [4.69, 9.17) is 0 Å². The first-order valence-electron chi connectivity index (χ1n) is 8.11. The number of rotatable bonds is 6. The van der Waals surface area contributed by atoms with Crippen LogP contribution in [-0.2, 0) is 4.79 Å². The van der Waals surface area contributed by atoms with Crippen molar-refractivity contribution >= 4 is 6.29 Å². The van der Waals surface area contributed by atoms with Gasteiger partial charge in [0, 0.05) is 24.5 Å². The van der Waals surface area contributed by atoms with E-state index in [0.29, 0.717) is 6.04 Å². The minimum Gasteiger partial charge on any atom is -0.395 e. The third-order valence-electron chi connectivity index (χ3n) is 5.10. The Morgan fingerprint density at radius 3 is 2.26 bits per heavy atom. The number of carbonyl (C=O) groups is 1. The highest BCUT2D eigenvalue weighted by Gasteiger charge is 2.35. The molecule has 2 rings (SSSR count). The van der Waals surface area contributed by atoms with Crippen LogP contribution in [0.5, 0.6) is 0 Å². The maximum Gasteiger partial charge on any atom is 0.127 e. The molecule has 0 unspecified atom stereocenters. The number of carbonyl (C=O) groups excluding carboxylic acids is 1. The van der Waals surface area contributed by atoms with Gasteiger partial charge in [-0.15, -0.1) is 0 Å². The highest BCUT2D eigenvalue weighted by atomic mass is 16.3. The first kappa shape index (κ1) is 15.0. The average Bonchev–Trinajstić information content (AvgIpc) is 2.49. The molecule has 2 aliphatic carbocycles. The van der Waals surface area contributed by atoms with Crippen molar-refractivity contribution in [3.8, 4) is 0 Å². The Morgan fingerprint density at radius 1 is 1.05 bits per heavy atom. The van der Waals surface area contributed by atoms with E-state index in [1.807, 2.05) is 0 Å². The Labute approximate surface area is 117 Å². The highest BCUT2D eigenvalue weighted by molar-refractivity contribution is 5.60. The molecule has 0 atom stereocenters. The highest BCUT2D eigenvalue weighted by Crippen LogP contribution is 2.36. The Bertz CT molecular complexity index is 268. The van der Waals surface area contributed by atoms with Crippen molar-refractivity contribution in [1.29, 1.82) is 0 Å². The molecule has 0 aromatic heterocycles. The average molecular weight is 267 g/mol. The van der Waals surface area contributed by atoms with Crippen LogP contribution in [0.15, 0.2) is 0 Å². The van der Waals surface area contributed by atoms with Gasteiger partial charge in [-0.1, -0.05) is 38.5 Å². The quantitative estimate of drug-likeness (QED) is 0.752. The van der Waals surface area contributed by atoms with Gasteiger partial charge in [-0.3, -0.25) is 4.90 Å². The van der Waals surface area contributed by atoms with Gasteiger partial charge >= 0.3 is 0 Å². The zero-order chi connectivity index (χ0) is 13.6. The van der Waals surface area contributed by atoms with Crippen molar-refractivity contribution in [2.24, 2.45) is 5.41 Å². The first-order valence-corrected chi connectivity index (χ1v) is 8.11. The molecular formula is C16H29NO2. The van der Waals surface area contributed by atoms with Crippen LogP contribution in [0, 0.1) is 5.41 Å². The third kappa shape index (κ3) is 4.03. The van der Waals surface area contributed by atoms with E-state index in [9.17, 15) is 9.90 Å². The van der Waals surface area contributed by atoms with E-state index in [2.05, 4.69) is 4.90 Å². The van der Waals surface area contributed by atoms with Gasteiger partial charge in [0.15, 0.2) is 0 Å². The van der Waals surface area contributed by atoms with Crippen molar-refractivity contribution in [3.05, 3.63) is 0 Å². The summed E-state index contributed by atoms with van der Waals surface area (Å²) in [5.74, 6) is 0. The summed E-state index contributed by atoms with van der Waals surface area (Å²) in [6.07, 6.45) is 13.4. The molecule has 2 aliphatic rings. The van der Waals surface area contributed by atoms with Crippen LogP contribution in [-0.4, -0.2) is 42.0 Å². The van der Waals surface area contributed by atoms with Crippen LogP contribution in [0.4, 0.5) is 0 Å². The summed E-state index contributed by atoms with van der Waals surface area (Å²) in [7, 11) is 0. The summed E-state index contributed by atoms with van der Waals surface area (Å²) >= 11 is 0. The fourth-order valence-corrected chi connectivity index (χ4v) is 3.94. The molecule has 0 amide bonds. The van der Waals surface area contributed by atoms with Crippen LogP contribution in [0.25, 0.3) is 0 Å². The van der Waals surface area contributed by atoms with E-state index in [-0.39, 0.29) is 12.0 Å². The Balaban J connectivity index is 1.98.